The highest BCUT2D eigenvalue weighted by Gasteiger charge is 2.26. The summed E-state index contributed by atoms with van der Waals surface area (Å²) in [4.78, 5) is 27.1. The van der Waals surface area contributed by atoms with Gasteiger partial charge in [-0.15, -0.1) is 0 Å². The number of rotatable bonds is 7. The van der Waals surface area contributed by atoms with Crippen LogP contribution in [0.1, 0.15) is 35.2 Å². The van der Waals surface area contributed by atoms with Crippen molar-refractivity contribution >= 4 is 17.5 Å². The molecule has 0 radical (unpaired) electrons. The zero-order valence-electron chi connectivity index (χ0n) is 16.2. The van der Waals surface area contributed by atoms with Gasteiger partial charge in [-0.3, -0.25) is 19.2 Å². The Morgan fingerprint density at radius 3 is 2.79 bits per heavy atom. The minimum Gasteiger partial charge on any atom is -0.349 e. The molecule has 1 aliphatic heterocycles. The monoisotopic (exact) mass is 381 g/mol. The molecule has 2 fully saturated rings. The minimum atomic E-state index is -0.115. The van der Waals surface area contributed by atoms with E-state index in [1.165, 1.54) is 5.56 Å². The largest absolute Gasteiger partial charge is 0.349 e. The Morgan fingerprint density at radius 1 is 1.21 bits per heavy atom. The summed E-state index contributed by atoms with van der Waals surface area (Å²) in [6, 6.07) is 7.49. The molecule has 7 nitrogen and oxygen atoms in total. The van der Waals surface area contributed by atoms with Gasteiger partial charge in [-0.1, -0.05) is 12.1 Å². The zero-order valence-corrected chi connectivity index (χ0v) is 16.2. The van der Waals surface area contributed by atoms with Crippen LogP contribution in [0.3, 0.4) is 0 Å². The molecule has 1 atom stereocenters. The first-order chi connectivity index (χ1) is 13.6. The summed E-state index contributed by atoms with van der Waals surface area (Å²) in [5, 5.41) is 10.1. The third kappa shape index (κ3) is 4.78. The highest BCUT2D eigenvalue weighted by atomic mass is 16.2. The number of likely N-dealkylation sites (tertiary alicyclic amines) is 1. The van der Waals surface area contributed by atoms with E-state index in [0.717, 1.165) is 38.8 Å². The van der Waals surface area contributed by atoms with Crippen molar-refractivity contribution in [1.29, 1.82) is 0 Å². The fourth-order valence-corrected chi connectivity index (χ4v) is 3.81. The first-order valence-electron chi connectivity index (χ1n) is 9.96. The fraction of sp³-hybridized carbons (Fsp3) is 0.476. The Morgan fingerprint density at radius 2 is 2.04 bits per heavy atom. The summed E-state index contributed by atoms with van der Waals surface area (Å²) < 4.78 is 1.83. The fourth-order valence-electron chi connectivity index (χ4n) is 3.81. The lowest BCUT2D eigenvalue weighted by Crippen LogP contribution is -2.33. The number of nitrogens with one attached hydrogen (secondary N) is 2. The van der Waals surface area contributed by atoms with Gasteiger partial charge in [0.25, 0.3) is 5.91 Å². The predicted octanol–water partition coefficient (Wildman–Crippen LogP) is 1.82. The van der Waals surface area contributed by atoms with E-state index < -0.39 is 0 Å². The van der Waals surface area contributed by atoms with Crippen molar-refractivity contribution in [3.63, 3.8) is 0 Å². The molecule has 1 unspecified atom stereocenters. The molecule has 148 valence electrons. The standard InChI is InChI=1S/C21H27N5O2/c1-25-12-16(11-22-25)10-15-8-9-26(13-15)14-20(27)24-19-5-3-2-4-18(19)21(28)23-17-6-7-17/h2-5,11-12,15,17H,6-10,13-14H2,1H3,(H,23,28)(H,24,27). The molecule has 2 heterocycles. The quantitative estimate of drug-likeness (QED) is 0.767. The molecule has 28 heavy (non-hydrogen) atoms. The number of aromatic nitrogens is 2. The Kier molecular flexibility index (Phi) is 5.43. The summed E-state index contributed by atoms with van der Waals surface area (Å²) in [6.07, 6.45) is 8.13. The number of aryl methyl sites for hydroxylation is 1. The molecule has 1 saturated carbocycles. The maximum atomic E-state index is 12.5. The molecular weight excluding hydrogens is 354 g/mol. The SMILES string of the molecule is Cn1cc(CC2CCN(CC(=O)Nc3ccccc3C(=O)NC3CC3)C2)cn1. The van der Waals surface area contributed by atoms with Gasteiger partial charge >= 0.3 is 0 Å². The number of hydrogen-bond acceptors (Lipinski definition) is 4. The van der Waals surface area contributed by atoms with Crippen LogP contribution in [-0.4, -0.2) is 52.2 Å². The number of carbonyl (C=O) groups is 2. The Bertz CT molecular complexity index is 858. The molecule has 1 aliphatic carbocycles. The van der Waals surface area contributed by atoms with Gasteiger partial charge in [0.15, 0.2) is 0 Å². The lowest BCUT2D eigenvalue weighted by atomic mass is 10.0. The Hall–Kier alpha value is -2.67. The van der Waals surface area contributed by atoms with Crippen LogP contribution in [-0.2, 0) is 18.3 Å². The lowest BCUT2D eigenvalue weighted by Gasteiger charge is -2.17. The lowest BCUT2D eigenvalue weighted by molar-refractivity contribution is -0.117. The second kappa shape index (κ2) is 8.14. The van der Waals surface area contributed by atoms with Gasteiger partial charge in [-0.2, -0.15) is 5.10 Å². The Labute approximate surface area is 165 Å². The van der Waals surface area contributed by atoms with Crippen LogP contribution in [0.4, 0.5) is 5.69 Å². The Balaban J connectivity index is 1.29. The summed E-state index contributed by atoms with van der Waals surface area (Å²) in [6.45, 7) is 2.18. The number of anilines is 1. The molecule has 2 N–H and O–H groups in total. The molecule has 0 bridgehead atoms. The number of amides is 2. The highest BCUT2D eigenvalue weighted by molar-refractivity contribution is 6.04. The van der Waals surface area contributed by atoms with E-state index in [9.17, 15) is 9.59 Å². The number of carbonyl (C=O) groups excluding carboxylic acids is 2. The van der Waals surface area contributed by atoms with Gasteiger partial charge < -0.3 is 10.6 Å². The number of benzene rings is 1. The maximum Gasteiger partial charge on any atom is 0.253 e. The molecule has 2 aliphatic rings. The molecule has 1 aromatic carbocycles. The van der Waals surface area contributed by atoms with Crippen molar-refractivity contribution < 1.29 is 9.59 Å². The van der Waals surface area contributed by atoms with Crippen molar-refractivity contribution in [3.05, 3.63) is 47.8 Å². The third-order valence-electron chi connectivity index (χ3n) is 5.38. The van der Waals surface area contributed by atoms with Crippen molar-refractivity contribution in [2.45, 2.75) is 31.7 Å². The van der Waals surface area contributed by atoms with Crippen LogP contribution in [0.2, 0.25) is 0 Å². The molecule has 0 spiro atoms. The number of nitrogens with zero attached hydrogens (tertiary/aromatic N) is 3. The average molecular weight is 381 g/mol. The highest BCUT2D eigenvalue weighted by Crippen LogP contribution is 2.23. The summed E-state index contributed by atoms with van der Waals surface area (Å²) in [5.41, 5.74) is 2.35. The average Bonchev–Trinajstić information content (AvgIpc) is 3.22. The normalized spacial score (nSPS) is 19.5. The van der Waals surface area contributed by atoms with E-state index in [-0.39, 0.29) is 17.9 Å². The van der Waals surface area contributed by atoms with Crippen LogP contribution >= 0.6 is 0 Å². The summed E-state index contributed by atoms with van der Waals surface area (Å²) in [7, 11) is 1.93. The van der Waals surface area contributed by atoms with E-state index in [1.807, 2.05) is 30.1 Å². The van der Waals surface area contributed by atoms with Crippen LogP contribution in [0.15, 0.2) is 36.7 Å². The second-order valence-electron chi connectivity index (χ2n) is 7.96. The second-order valence-corrected chi connectivity index (χ2v) is 7.96. The first kappa shape index (κ1) is 18.7. The first-order valence-corrected chi connectivity index (χ1v) is 9.96. The van der Waals surface area contributed by atoms with Gasteiger partial charge in [-0.25, -0.2) is 0 Å². The van der Waals surface area contributed by atoms with Crippen LogP contribution in [0, 0.1) is 5.92 Å². The molecular formula is C21H27N5O2. The predicted molar refractivity (Wildman–Crippen MR) is 107 cm³/mol. The molecule has 7 heteroatoms. The third-order valence-corrected chi connectivity index (χ3v) is 5.38. The molecule has 2 aromatic rings. The molecule has 4 rings (SSSR count). The van der Waals surface area contributed by atoms with E-state index in [0.29, 0.717) is 23.7 Å². The molecule has 1 aromatic heterocycles. The van der Waals surface area contributed by atoms with Crippen LogP contribution < -0.4 is 10.6 Å². The van der Waals surface area contributed by atoms with Gasteiger partial charge in [0.05, 0.1) is 24.0 Å². The van der Waals surface area contributed by atoms with Gasteiger partial charge in [0.2, 0.25) is 5.91 Å². The van der Waals surface area contributed by atoms with Crippen molar-refractivity contribution in [1.82, 2.24) is 20.0 Å². The minimum absolute atomic E-state index is 0.0753. The number of para-hydroxylation sites is 1. The molecule has 1 saturated heterocycles. The molecule has 2 amide bonds. The smallest absolute Gasteiger partial charge is 0.253 e. The van der Waals surface area contributed by atoms with Gasteiger partial charge in [-0.05, 0) is 55.8 Å². The zero-order chi connectivity index (χ0) is 19.5. The summed E-state index contributed by atoms with van der Waals surface area (Å²) in [5.74, 6) is 0.360. The van der Waals surface area contributed by atoms with E-state index >= 15 is 0 Å². The number of hydrogen-bond donors (Lipinski definition) is 2. The van der Waals surface area contributed by atoms with E-state index in [4.69, 9.17) is 0 Å². The maximum absolute atomic E-state index is 12.5. The van der Waals surface area contributed by atoms with Crippen molar-refractivity contribution in [3.8, 4) is 0 Å². The van der Waals surface area contributed by atoms with Crippen molar-refractivity contribution in [2.24, 2.45) is 13.0 Å². The topological polar surface area (TPSA) is 79.3 Å². The van der Waals surface area contributed by atoms with E-state index in [2.05, 4.69) is 26.8 Å². The van der Waals surface area contributed by atoms with Crippen LogP contribution in [0.5, 0.6) is 0 Å². The summed E-state index contributed by atoms with van der Waals surface area (Å²) >= 11 is 0. The van der Waals surface area contributed by atoms with E-state index in [1.54, 1.807) is 12.1 Å². The van der Waals surface area contributed by atoms with Crippen molar-refractivity contribution in [2.75, 3.05) is 25.0 Å². The van der Waals surface area contributed by atoms with Crippen LogP contribution in [0.25, 0.3) is 0 Å². The van der Waals surface area contributed by atoms with Gasteiger partial charge in [0, 0.05) is 25.8 Å². The van der Waals surface area contributed by atoms with Gasteiger partial charge in [0.1, 0.15) is 0 Å².